The maximum absolute atomic E-state index is 6.16. The first-order chi connectivity index (χ1) is 13.6. The molecule has 3 rings (SSSR count). The van der Waals surface area contributed by atoms with Crippen LogP contribution in [0.5, 0.6) is 11.5 Å². The van der Waals surface area contributed by atoms with Crippen molar-refractivity contribution in [1.82, 2.24) is 4.90 Å². The van der Waals surface area contributed by atoms with Gasteiger partial charge in [-0.05, 0) is 62.2 Å². The summed E-state index contributed by atoms with van der Waals surface area (Å²) in [6.45, 7) is 1.76. The molecule has 1 saturated heterocycles. The number of anilines is 1. The van der Waals surface area contributed by atoms with E-state index in [9.17, 15) is 0 Å². The van der Waals surface area contributed by atoms with Crippen LogP contribution in [-0.2, 0) is 0 Å². The van der Waals surface area contributed by atoms with Crippen molar-refractivity contribution in [2.45, 2.75) is 18.9 Å². The zero-order valence-corrected chi connectivity index (χ0v) is 16.9. The molecule has 0 bridgehead atoms. The molecule has 1 heterocycles. The van der Waals surface area contributed by atoms with E-state index in [1.165, 1.54) is 12.0 Å². The predicted molar refractivity (Wildman–Crippen MR) is 114 cm³/mol. The molecule has 1 fully saturated rings. The second kappa shape index (κ2) is 9.46. The Morgan fingerprint density at radius 1 is 1.14 bits per heavy atom. The second-order valence-corrected chi connectivity index (χ2v) is 7.15. The van der Waals surface area contributed by atoms with Crippen LogP contribution in [0.1, 0.15) is 24.4 Å². The lowest BCUT2D eigenvalue weighted by Gasteiger charge is -2.39. The molecule has 2 unspecified atom stereocenters. The van der Waals surface area contributed by atoms with Gasteiger partial charge < -0.3 is 20.5 Å². The molecule has 2 aromatic carbocycles. The molecule has 1 aliphatic rings. The number of hydrogen-bond acceptors (Lipinski definition) is 4. The van der Waals surface area contributed by atoms with Crippen molar-refractivity contribution in [3.05, 3.63) is 54.1 Å². The van der Waals surface area contributed by atoms with Crippen LogP contribution < -0.4 is 20.5 Å². The van der Waals surface area contributed by atoms with E-state index in [-0.39, 0.29) is 0 Å². The smallest absolute Gasteiger partial charge is 0.193 e. The molecule has 150 valence electrons. The number of hydrogen-bond donors (Lipinski definition) is 2. The first-order valence-electron chi connectivity index (χ1n) is 9.66. The first-order valence-corrected chi connectivity index (χ1v) is 9.66. The number of likely N-dealkylation sites (tertiary alicyclic amines) is 1. The number of nitrogens with one attached hydrogen (secondary N) is 1. The Kier molecular flexibility index (Phi) is 6.76. The van der Waals surface area contributed by atoms with E-state index in [2.05, 4.69) is 34.4 Å². The van der Waals surface area contributed by atoms with E-state index < -0.39 is 0 Å². The normalized spacial score (nSPS) is 20.6. The van der Waals surface area contributed by atoms with Gasteiger partial charge in [-0.15, -0.1) is 0 Å². The number of guanidine groups is 1. The molecular formula is C22H30N4O2. The quantitative estimate of drug-likeness (QED) is 0.591. The Labute approximate surface area is 167 Å². The van der Waals surface area contributed by atoms with Gasteiger partial charge in [-0.3, -0.25) is 9.89 Å². The van der Waals surface area contributed by atoms with Crippen molar-refractivity contribution in [3.63, 3.8) is 0 Å². The van der Waals surface area contributed by atoms with E-state index in [0.717, 1.165) is 30.2 Å². The van der Waals surface area contributed by atoms with Gasteiger partial charge in [0, 0.05) is 12.6 Å². The molecular weight excluding hydrogens is 352 g/mol. The van der Waals surface area contributed by atoms with Crippen molar-refractivity contribution in [2.24, 2.45) is 16.6 Å². The van der Waals surface area contributed by atoms with Crippen LogP contribution >= 0.6 is 0 Å². The maximum Gasteiger partial charge on any atom is 0.193 e. The Balaban J connectivity index is 1.71. The van der Waals surface area contributed by atoms with Crippen LogP contribution in [0, 0.1) is 5.92 Å². The third kappa shape index (κ3) is 4.75. The molecule has 3 N–H and O–H groups in total. The maximum atomic E-state index is 6.16. The van der Waals surface area contributed by atoms with Gasteiger partial charge in [-0.2, -0.15) is 0 Å². The highest BCUT2D eigenvalue weighted by molar-refractivity contribution is 5.93. The van der Waals surface area contributed by atoms with E-state index in [1.54, 1.807) is 14.2 Å². The predicted octanol–water partition coefficient (Wildman–Crippen LogP) is 3.51. The van der Waals surface area contributed by atoms with Gasteiger partial charge in [0.25, 0.3) is 0 Å². The molecule has 1 aliphatic heterocycles. The number of benzene rings is 2. The van der Waals surface area contributed by atoms with E-state index >= 15 is 0 Å². The number of rotatable bonds is 6. The standard InChI is InChI=1S/C22H30N4O2/c1-26-14-6-7-17(21(26)16-10-12-18(27-2)13-11-16)15-24-22(23)25-19-8-4-5-9-20(19)28-3/h4-5,8-13,17,21H,6-7,14-15H2,1-3H3,(H3,23,24,25). The zero-order chi connectivity index (χ0) is 19.9. The Morgan fingerprint density at radius 3 is 2.61 bits per heavy atom. The van der Waals surface area contributed by atoms with Gasteiger partial charge in [0.15, 0.2) is 5.96 Å². The molecule has 0 spiro atoms. The lowest BCUT2D eigenvalue weighted by Crippen LogP contribution is -2.38. The summed E-state index contributed by atoms with van der Waals surface area (Å²) in [5, 5.41) is 3.15. The molecule has 0 aromatic heterocycles. The zero-order valence-electron chi connectivity index (χ0n) is 16.9. The van der Waals surface area contributed by atoms with Gasteiger partial charge in [-0.25, -0.2) is 0 Å². The summed E-state index contributed by atoms with van der Waals surface area (Å²) < 4.78 is 10.7. The average Bonchev–Trinajstić information content (AvgIpc) is 2.73. The van der Waals surface area contributed by atoms with Crippen LogP contribution in [0.3, 0.4) is 0 Å². The molecule has 2 aromatic rings. The minimum atomic E-state index is 0.322. The number of piperidine rings is 1. The lowest BCUT2D eigenvalue weighted by molar-refractivity contribution is 0.125. The molecule has 0 aliphatic carbocycles. The fraction of sp³-hybridized carbons (Fsp3) is 0.409. The fourth-order valence-electron chi connectivity index (χ4n) is 3.92. The largest absolute Gasteiger partial charge is 0.497 e. The van der Waals surface area contributed by atoms with Gasteiger partial charge in [0.05, 0.1) is 19.9 Å². The van der Waals surface area contributed by atoms with Crippen LogP contribution in [0.25, 0.3) is 0 Å². The number of para-hydroxylation sites is 2. The van der Waals surface area contributed by atoms with Crippen molar-refractivity contribution in [1.29, 1.82) is 0 Å². The Hall–Kier alpha value is -2.73. The number of methoxy groups -OCH3 is 2. The van der Waals surface area contributed by atoms with E-state index in [0.29, 0.717) is 24.5 Å². The summed E-state index contributed by atoms with van der Waals surface area (Å²) in [4.78, 5) is 7.05. The molecule has 2 atom stereocenters. The summed E-state index contributed by atoms with van der Waals surface area (Å²) in [5.41, 5.74) is 8.27. The van der Waals surface area contributed by atoms with Crippen molar-refractivity contribution < 1.29 is 9.47 Å². The van der Waals surface area contributed by atoms with Crippen molar-refractivity contribution in [2.75, 3.05) is 39.7 Å². The van der Waals surface area contributed by atoms with E-state index in [4.69, 9.17) is 15.2 Å². The number of nitrogens with two attached hydrogens (primary N) is 1. The Bertz CT molecular complexity index is 791. The minimum absolute atomic E-state index is 0.322. The molecule has 0 amide bonds. The molecule has 6 nitrogen and oxygen atoms in total. The van der Waals surface area contributed by atoms with Crippen LogP contribution in [0.2, 0.25) is 0 Å². The summed E-state index contributed by atoms with van der Waals surface area (Å²) in [6, 6.07) is 16.4. The fourth-order valence-corrected chi connectivity index (χ4v) is 3.92. The highest BCUT2D eigenvalue weighted by Gasteiger charge is 2.30. The first kappa shape index (κ1) is 20.0. The van der Waals surface area contributed by atoms with Gasteiger partial charge in [0.2, 0.25) is 0 Å². The van der Waals surface area contributed by atoms with Crippen LogP contribution in [0.4, 0.5) is 5.69 Å². The highest BCUT2D eigenvalue weighted by Crippen LogP contribution is 2.36. The number of ether oxygens (including phenoxy) is 2. The third-order valence-electron chi connectivity index (χ3n) is 5.33. The van der Waals surface area contributed by atoms with Gasteiger partial charge in [-0.1, -0.05) is 24.3 Å². The molecule has 6 heteroatoms. The van der Waals surface area contributed by atoms with Gasteiger partial charge >= 0.3 is 0 Å². The summed E-state index contributed by atoms with van der Waals surface area (Å²) >= 11 is 0. The summed E-state index contributed by atoms with van der Waals surface area (Å²) in [5.74, 6) is 2.44. The van der Waals surface area contributed by atoms with Crippen LogP contribution in [-0.4, -0.2) is 45.2 Å². The topological polar surface area (TPSA) is 72.1 Å². The van der Waals surface area contributed by atoms with Crippen LogP contribution in [0.15, 0.2) is 53.5 Å². The minimum Gasteiger partial charge on any atom is -0.497 e. The Morgan fingerprint density at radius 2 is 1.89 bits per heavy atom. The monoisotopic (exact) mass is 382 g/mol. The number of aliphatic imine (C=N–C) groups is 1. The molecule has 28 heavy (non-hydrogen) atoms. The molecule has 0 saturated carbocycles. The lowest BCUT2D eigenvalue weighted by atomic mass is 9.85. The van der Waals surface area contributed by atoms with E-state index in [1.807, 2.05) is 36.4 Å². The average molecular weight is 383 g/mol. The van der Waals surface area contributed by atoms with Crippen molar-refractivity contribution >= 4 is 11.6 Å². The SMILES string of the molecule is COc1ccc(C2C(CN=C(N)Nc3ccccc3OC)CCCN2C)cc1. The van der Waals surface area contributed by atoms with Gasteiger partial charge in [0.1, 0.15) is 11.5 Å². The summed E-state index contributed by atoms with van der Waals surface area (Å²) in [6.07, 6.45) is 2.30. The second-order valence-electron chi connectivity index (χ2n) is 7.15. The highest BCUT2D eigenvalue weighted by atomic mass is 16.5. The number of nitrogens with zero attached hydrogens (tertiary/aromatic N) is 2. The van der Waals surface area contributed by atoms with Crippen molar-refractivity contribution in [3.8, 4) is 11.5 Å². The molecule has 0 radical (unpaired) electrons. The third-order valence-corrected chi connectivity index (χ3v) is 5.33. The summed E-state index contributed by atoms with van der Waals surface area (Å²) in [7, 11) is 5.52.